The number of halogens is 1. The van der Waals surface area contributed by atoms with E-state index in [4.69, 9.17) is 21.6 Å². The lowest BCUT2D eigenvalue weighted by Gasteiger charge is -2.46. The van der Waals surface area contributed by atoms with Gasteiger partial charge in [-0.3, -0.25) is 4.98 Å². The van der Waals surface area contributed by atoms with Crippen molar-refractivity contribution in [3.63, 3.8) is 0 Å². The van der Waals surface area contributed by atoms with E-state index in [1.165, 1.54) is 0 Å². The molecule has 0 aliphatic carbocycles. The van der Waals surface area contributed by atoms with Crippen molar-refractivity contribution in [1.29, 1.82) is 5.26 Å². The van der Waals surface area contributed by atoms with E-state index in [2.05, 4.69) is 23.3 Å². The summed E-state index contributed by atoms with van der Waals surface area (Å²) in [5.74, 6) is 0. The summed E-state index contributed by atoms with van der Waals surface area (Å²) in [4.78, 5) is 4.13. The van der Waals surface area contributed by atoms with Gasteiger partial charge in [-0.15, -0.1) is 0 Å². The van der Waals surface area contributed by atoms with Gasteiger partial charge in [-0.25, -0.2) is 0 Å². The molecule has 5 heteroatoms. The maximum absolute atomic E-state index is 9.00. The highest BCUT2D eigenvalue weighted by molar-refractivity contribution is 6.32. The molecular weight excluding hydrogens is 310 g/mol. The zero-order valence-electron chi connectivity index (χ0n) is 13.1. The standard InChI is InChI=1S/C18H18ClN3O/c1-12-15(6-5-13(9-20)17(12)19)22-11-18(2)8-16(23-18)14-4-3-7-21-10-14/h3-7,10,16,22H,8,11H2,1-2H3. The van der Waals surface area contributed by atoms with E-state index >= 15 is 0 Å². The summed E-state index contributed by atoms with van der Waals surface area (Å²) >= 11 is 6.20. The highest BCUT2D eigenvalue weighted by Crippen LogP contribution is 2.42. The van der Waals surface area contributed by atoms with Crippen molar-refractivity contribution in [2.75, 3.05) is 11.9 Å². The van der Waals surface area contributed by atoms with Crippen LogP contribution < -0.4 is 5.32 Å². The van der Waals surface area contributed by atoms with Gasteiger partial charge in [0.05, 0.1) is 22.3 Å². The molecule has 1 aliphatic rings. The molecule has 1 aromatic carbocycles. The maximum Gasteiger partial charge on any atom is 0.101 e. The Labute approximate surface area is 141 Å². The van der Waals surface area contributed by atoms with E-state index in [-0.39, 0.29) is 11.7 Å². The number of benzene rings is 1. The Balaban J connectivity index is 1.62. The molecule has 1 fully saturated rings. The van der Waals surface area contributed by atoms with Crippen LogP contribution >= 0.6 is 11.6 Å². The molecule has 1 aliphatic heterocycles. The van der Waals surface area contributed by atoms with Gasteiger partial charge < -0.3 is 10.1 Å². The molecular formula is C18H18ClN3O. The van der Waals surface area contributed by atoms with Crippen LogP contribution in [0.3, 0.4) is 0 Å². The summed E-state index contributed by atoms with van der Waals surface area (Å²) in [5, 5.41) is 12.9. The molecule has 118 valence electrons. The second kappa shape index (κ2) is 6.19. The minimum absolute atomic E-state index is 0.112. The Bertz CT molecular complexity index is 749. The van der Waals surface area contributed by atoms with Crippen LogP contribution in [0, 0.1) is 18.3 Å². The van der Waals surface area contributed by atoms with Gasteiger partial charge in [0.25, 0.3) is 0 Å². The number of rotatable bonds is 4. The Hall–Kier alpha value is -2.09. The summed E-state index contributed by atoms with van der Waals surface area (Å²) in [7, 11) is 0. The van der Waals surface area contributed by atoms with Crippen molar-refractivity contribution in [2.24, 2.45) is 0 Å². The highest BCUT2D eigenvalue weighted by Gasteiger charge is 2.42. The van der Waals surface area contributed by atoms with E-state index in [1.807, 2.05) is 31.3 Å². The molecule has 2 unspecified atom stereocenters. The second-order valence-corrected chi connectivity index (χ2v) is 6.49. The summed E-state index contributed by atoms with van der Waals surface area (Å²) in [6, 6.07) is 9.68. The number of ether oxygens (including phenoxy) is 1. The topological polar surface area (TPSA) is 57.9 Å². The van der Waals surface area contributed by atoms with Gasteiger partial charge in [0.15, 0.2) is 0 Å². The Morgan fingerprint density at radius 1 is 1.48 bits per heavy atom. The molecule has 23 heavy (non-hydrogen) atoms. The molecule has 3 rings (SSSR count). The lowest BCUT2D eigenvalue weighted by molar-refractivity contribution is -0.190. The zero-order chi connectivity index (χ0) is 16.4. The number of pyridine rings is 1. The molecule has 4 nitrogen and oxygen atoms in total. The molecule has 2 atom stereocenters. The smallest absolute Gasteiger partial charge is 0.101 e. The number of nitrogens with zero attached hydrogens (tertiary/aromatic N) is 2. The van der Waals surface area contributed by atoms with Crippen LogP contribution in [0.2, 0.25) is 5.02 Å². The third-order valence-electron chi connectivity index (χ3n) is 4.26. The van der Waals surface area contributed by atoms with Gasteiger partial charge in [-0.05, 0) is 43.2 Å². The van der Waals surface area contributed by atoms with E-state index in [0.29, 0.717) is 17.1 Å². The average molecular weight is 328 g/mol. The second-order valence-electron chi connectivity index (χ2n) is 6.11. The van der Waals surface area contributed by atoms with Crippen LogP contribution in [0.25, 0.3) is 0 Å². The normalized spacial score (nSPS) is 23.0. The van der Waals surface area contributed by atoms with E-state index in [9.17, 15) is 0 Å². The summed E-state index contributed by atoms with van der Waals surface area (Å²) < 4.78 is 6.06. The molecule has 1 aromatic heterocycles. The maximum atomic E-state index is 9.00. The molecule has 0 radical (unpaired) electrons. The fourth-order valence-electron chi connectivity index (χ4n) is 2.84. The lowest BCUT2D eigenvalue weighted by Crippen LogP contribution is -2.48. The first-order chi connectivity index (χ1) is 11.0. The van der Waals surface area contributed by atoms with E-state index in [1.54, 1.807) is 12.3 Å². The van der Waals surface area contributed by atoms with Crippen molar-refractivity contribution in [1.82, 2.24) is 4.98 Å². The fourth-order valence-corrected chi connectivity index (χ4v) is 3.04. The average Bonchev–Trinajstić information content (AvgIpc) is 2.54. The van der Waals surface area contributed by atoms with Gasteiger partial charge in [0.1, 0.15) is 6.07 Å². The number of nitriles is 1. The summed E-state index contributed by atoms with van der Waals surface area (Å²) in [6.45, 7) is 4.69. The van der Waals surface area contributed by atoms with E-state index in [0.717, 1.165) is 23.2 Å². The van der Waals surface area contributed by atoms with Gasteiger partial charge in [-0.2, -0.15) is 5.26 Å². The predicted octanol–water partition coefficient (Wildman–Crippen LogP) is 4.25. The molecule has 2 aromatic rings. The predicted molar refractivity (Wildman–Crippen MR) is 90.5 cm³/mol. The Morgan fingerprint density at radius 3 is 2.91 bits per heavy atom. The van der Waals surface area contributed by atoms with Crippen LogP contribution in [0.1, 0.15) is 36.1 Å². The monoisotopic (exact) mass is 327 g/mol. The molecule has 0 amide bonds. The number of hydrogen-bond donors (Lipinski definition) is 1. The number of aromatic nitrogens is 1. The van der Waals surface area contributed by atoms with Crippen LogP contribution in [-0.4, -0.2) is 17.1 Å². The SMILES string of the molecule is Cc1c(NCC2(C)CC(c3cccnc3)O2)ccc(C#N)c1Cl. The first kappa shape index (κ1) is 15.8. The number of anilines is 1. The zero-order valence-corrected chi connectivity index (χ0v) is 13.9. The third-order valence-corrected chi connectivity index (χ3v) is 4.75. The van der Waals surface area contributed by atoms with Crippen molar-refractivity contribution in [2.45, 2.75) is 32.0 Å². The van der Waals surface area contributed by atoms with Crippen molar-refractivity contribution in [3.8, 4) is 6.07 Å². The molecule has 0 spiro atoms. The number of nitrogens with one attached hydrogen (secondary N) is 1. The molecule has 0 saturated carbocycles. The summed E-state index contributed by atoms with van der Waals surface area (Å²) in [6.07, 6.45) is 4.67. The van der Waals surface area contributed by atoms with Gasteiger partial charge in [-0.1, -0.05) is 17.7 Å². The molecule has 0 bridgehead atoms. The fraction of sp³-hybridized carbons (Fsp3) is 0.333. The highest BCUT2D eigenvalue weighted by atomic mass is 35.5. The van der Waals surface area contributed by atoms with Crippen molar-refractivity contribution < 1.29 is 4.74 Å². The molecule has 1 N–H and O–H groups in total. The van der Waals surface area contributed by atoms with Crippen LogP contribution in [0.15, 0.2) is 36.7 Å². The van der Waals surface area contributed by atoms with Gasteiger partial charge >= 0.3 is 0 Å². The van der Waals surface area contributed by atoms with Crippen molar-refractivity contribution >= 4 is 17.3 Å². The first-order valence-corrected chi connectivity index (χ1v) is 7.91. The summed E-state index contributed by atoms with van der Waals surface area (Å²) in [5.41, 5.74) is 3.22. The Morgan fingerprint density at radius 2 is 2.26 bits per heavy atom. The van der Waals surface area contributed by atoms with Crippen LogP contribution in [-0.2, 0) is 4.74 Å². The number of hydrogen-bond acceptors (Lipinski definition) is 4. The van der Waals surface area contributed by atoms with E-state index < -0.39 is 0 Å². The Kier molecular flexibility index (Phi) is 4.25. The lowest BCUT2D eigenvalue weighted by atomic mass is 9.87. The van der Waals surface area contributed by atoms with Crippen molar-refractivity contribution in [3.05, 3.63) is 58.4 Å². The minimum Gasteiger partial charge on any atom is -0.382 e. The molecule has 1 saturated heterocycles. The van der Waals surface area contributed by atoms with Gasteiger partial charge in [0, 0.05) is 31.0 Å². The first-order valence-electron chi connectivity index (χ1n) is 7.53. The minimum atomic E-state index is -0.215. The van der Waals surface area contributed by atoms with Crippen LogP contribution in [0.4, 0.5) is 5.69 Å². The van der Waals surface area contributed by atoms with Crippen LogP contribution in [0.5, 0.6) is 0 Å². The third kappa shape index (κ3) is 3.17. The largest absolute Gasteiger partial charge is 0.382 e. The van der Waals surface area contributed by atoms with Gasteiger partial charge in [0.2, 0.25) is 0 Å². The molecule has 2 heterocycles. The quantitative estimate of drug-likeness (QED) is 0.912.